The predicted molar refractivity (Wildman–Crippen MR) is 68.0 cm³/mol. The van der Waals surface area contributed by atoms with Crippen molar-refractivity contribution >= 4 is 28.1 Å². The van der Waals surface area contributed by atoms with Gasteiger partial charge in [-0.2, -0.15) is 5.10 Å². The molecule has 0 atom stereocenters. The first-order chi connectivity index (χ1) is 7.04. The fraction of sp³-hybridized carbons (Fsp3) is 0.364. The Hall–Kier alpha value is -0.620. The molecule has 2 rings (SSSR count). The molecule has 0 amide bonds. The van der Waals surface area contributed by atoms with E-state index in [4.69, 9.17) is 0 Å². The molecule has 80 valence electrons. The van der Waals surface area contributed by atoms with Gasteiger partial charge in [0, 0.05) is 11.6 Å². The summed E-state index contributed by atoms with van der Waals surface area (Å²) in [6.07, 6.45) is 3.82. The van der Waals surface area contributed by atoms with Crippen LogP contribution in [-0.2, 0) is 5.41 Å². The van der Waals surface area contributed by atoms with E-state index in [2.05, 4.69) is 33.8 Å². The second-order valence-corrected chi connectivity index (χ2v) is 5.44. The van der Waals surface area contributed by atoms with Crippen LogP contribution in [0, 0.1) is 3.57 Å². The molecule has 0 aromatic carbocycles. The molecule has 3 nitrogen and oxygen atoms in total. The van der Waals surface area contributed by atoms with Crippen LogP contribution in [0.3, 0.4) is 0 Å². The molecule has 0 saturated heterocycles. The first-order valence-electron chi connectivity index (χ1n) is 4.79. The van der Waals surface area contributed by atoms with Crippen molar-refractivity contribution in [2.24, 2.45) is 0 Å². The second-order valence-electron chi connectivity index (χ2n) is 4.28. The predicted octanol–water partition coefficient (Wildman–Crippen LogP) is 2.21. The van der Waals surface area contributed by atoms with Crippen molar-refractivity contribution in [3.05, 3.63) is 33.7 Å². The van der Waals surface area contributed by atoms with E-state index in [-0.39, 0.29) is 12.0 Å². The van der Waals surface area contributed by atoms with E-state index in [0.717, 1.165) is 14.7 Å². The minimum absolute atomic E-state index is 0.136. The molecule has 2 aromatic heterocycles. The van der Waals surface area contributed by atoms with Crippen LogP contribution >= 0.6 is 22.6 Å². The minimum Gasteiger partial charge on any atom is -0.395 e. The average molecular weight is 316 g/mol. The van der Waals surface area contributed by atoms with Crippen molar-refractivity contribution in [2.75, 3.05) is 6.61 Å². The summed E-state index contributed by atoms with van der Waals surface area (Å²) >= 11 is 2.26. The van der Waals surface area contributed by atoms with Crippen LogP contribution in [0.15, 0.2) is 24.5 Å². The molecule has 0 fully saturated rings. The maximum atomic E-state index is 9.29. The Bertz CT molecular complexity index is 490. The molecule has 2 heterocycles. The first-order valence-corrected chi connectivity index (χ1v) is 5.87. The highest BCUT2D eigenvalue weighted by molar-refractivity contribution is 14.1. The Labute approximate surface area is 102 Å². The number of aliphatic hydroxyl groups is 1. The van der Waals surface area contributed by atoms with E-state index in [1.165, 1.54) is 0 Å². The zero-order valence-electron chi connectivity index (χ0n) is 8.74. The number of pyridine rings is 1. The van der Waals surface area contributed by atoms with Gasteiger partial charge < -0.3 is 5.11 Å². The van der Waals surface area contributed by atoms with Crippen LogP contribution in [-0.4, -0.2) is 21.3 Å². The van der Waals surface area contributed by atoms with Gasteiger partial charge in [0.05, 0.1) is 21.9 Å². The van der Waals surface area contributed by atoms with E-state index in [0.29, 0.717) is 0 Å². The van der Waals surface area contributed by atoms with Gasteiger partial charge >= 0.3 is 0 Å². The fourth-order valence-electron chi connectivity index (χ4n) is 1.44. The lowest BCUT2D eigenvalue weighted by atomic mass is 9.87. The van der Waals surface area contributed by atoms with Gasteiger partial charge in [0.25, 0.3) is 0 Å². The summed E-state index contributed by atoms with van der Waals surface area (Å²) in [4.78, 5) is 0. The van der Waals surface area contributed by atoms with Gasteiger partial charge in [-0.25, -0.2) is 4.52 Å². The Balaban J connectivity index is 2.57. The lowest BCUT2D eigenvalue weighted by molar-refractivity contribution is 0.218. The third kappa shape index (κ3) is 1.88. The highest BCUT2D eigenvalue weighted by atomic mass is 127. The van der Waals surface area contributed by atoms with Crippen molar-refractivity contribution in [1.29, 1.82) is 0 Å². The van der Waals surface area contributed by atoms with Gasteiger partial charge in [-0.05, 0) is 34.2 Å². The number of hydrogen-bond donors (Lipinski definition) is 1. The third-order valence-corrected chi connectivity index (χ3v) is 3.48. The van der Waals surface area contributed by atoms with Gasteiger partial charge in [0.1, 0.15) is 0 Å². The summed E-state index contributed by atoms with van der Waals surface area (Å²) in [7, 11) is 0. The normalized spacial score (nSPS) is 12.3. The number of aromatic nitrogens is 2. The van der Waals surface area contributed by atoms with E-state index in [1.807, 2.05) is 36.8 Å². The summed E-state index contributed by atoms with van der Waals surface area (Å²) in [5, 5.41) is 13.5. The molecule has 0 radical (unpaired) electrons. The van der Waals surface area contributed by atoms with E-state index >= 15 is 0 Å². The van der Waals surface area contributed by atoms with Crippen molar-refractivity contribution in [3.63, 3.8) is 0 Å². The van der Waals surface area contributed by atoms with Gasteiger partial charge in [0.2, 0.25) is 0 Å². The number of nitrogens with zero attached hydrogens (tertiary/aromatic N) is 2. The molecule has 0 saturated carbocycles. The SMILES string of the molecule is CC(C)(CO)c1ccc2c(I)cnn2c1. The molecule has 1 N–H and O–H groups in total. The van der Waals surface area contributed by atoms with E-state index < -0.39 is 0 Å². The highest BCUT2D eigenvalue weighted by Gasteiger charge is 2.20. The number of aliphatic hydroxyl groups excluding tert-OH is 1. The molecule has 0 bridgehead atoms. The second kappa shape index (κ2) is 3.75. The zero-order chi connectivity index (χ0) is 11.1. The summed E-state index contributed by atoms with van der Waals surface area (Å²) < 4.78 is 3.00. The van der Waals surface area contributed by atoms with Crippen LogP contribution in [0.1, 0.15) is 19.4 Å². The van der Waals surface area contributed by atoms with Gasteiger partial charge in [0.15, 0.2) is 0 Å². The Kier molecular flexibility index (Phi) is 2.72. The fourth-order valence-corrected chi connectivity index (χ4v) is 2.00. The summed E-state index contributed by atoms with van der Waals surface area (Å²) in [6.45, 7) is 4.17. The van der Waals surface area contributed by atoms with Crippen LogP contribution in [0.4, 0.5) is 0 Å². The highest BCUT2D eigenvalue weighted by Crippen LogP contribution is 2.23. The molecule has 0 aliphatic rings. The molecular weight excluding hydrogens is 303 g/mol. The van der Waals surface area contributed by atoms with Gasteiger partial charge in [-0.15, -0.1) is 0 Å². The largest absolute Gasteiger partial charge is 0.395 e. The summed E-state index contributed by atoms with van der Waals surface area (Å²) in [5.41, 5.74) is 1.98. The maximum Gasteiger partial charge on any atom is 0.0795 e. The van der Waals surface area contributed by atoms with Crippen molar-refractivity contribution in [1.82, 2.24) is 9.61 Å². The maximum absolute atomic E-state index is 9.29. The van der Waals surface area contributed by atoms with Crippen molar-refractivity contribution < 1.29 is 5.11 Å². The molecule has 0 aliphatic carbocycles. The van der Waals surface area contributed by atoms with Crippen LogP contribution in [0.25, 0.3) is 5.52 Å². The standard InChI is InChI=1S/C11H13IN2O/c1-11(2,7-15)8-3-4-10-9(12)5-13-14(10)6-8/h3-6,15H,7H2,1-2H3. The van der Waals surface area contributed by atoms with Crippen molar-refractivity contribution in [2.45, 2.75) is 19.3 Å². The topological polar surface area (TPSA) is 37.5 Å². The Morgan fingerprint density at radius 3 is 2.87 bits per heavy atom. The van der Waals surface area contributed by atoms with E-state index in [9.17, 15) is 5.11 Å². The zero-order valence-corrected chi connectivity index (χ0v) is 10.9. The molecule has 2 aromatic rings. The quantitative estimate of drug-likeness (QED) is 0.863. The van der Waals surface area contributed by atoms with Crippen LogP contribution < -0.4 is 0 Å². The molecule has 15 heavy (non-hydrogen) atoms. The molecule has 0 unspecified atom stereocenters. The number of hydrogen-bond acceptors (Lipinski definition) is 2. The Morgan fingerprint density at radius 2 is 2.20 bits per heavy atom. The van der Waals surface area contributed by atoms with Gasteiger partial charge in [-0.3, -0.25) is 0 Å². The number of rotatable bonds is 2. The average Bonchev–Trinajstić information content (AvgIpc) is 2.60. The monoisotopic (exact) mass is 316 g/mol. The smallest absolute Gasteiger partial charge is 0.0795 e. The summed E-state index contributed by atoms with van der Waals surface area (Å²) in [6, 6.07) is 4.09. The molecule has 0 aliphatic heterocycles. The number of halogens is 1. The van der Waals surface area contributed by atoms with Crippen LogP contribution in [0.5, 0.6) is 0 Å². The van der Waals surface area contributed by atoms with Crippen LogP contribution in [0.2, 0.25) is 0 Å². The molecule has 4 heteroatoms. The van der Waals surface area contributed by atoms with Gasteiger partial charge in [-0.1, -0.05) is 19.9 Å². The minimum atomic E-state index is -0.217. The summed E-state index contributed by atoms with van der Waals surface area (Å²) in [5.74, 6) is 0. The third-order valence-electron chi connectivity index (χ3n) is 2.65. The number of fused-ring (bicyclic) bond motifs is 1. The lowest BCUT2D eigenvalue weighted by Crippen LogP contribution is -2.22. The lowest BCUT2D eigenvalue weighted by Gasteiger charge is -2.21. The van der Waals surface area contributed by atoms with Crippen molar-refractivity contribution in [3.8, 4) is 0 Å². The van der Waals surface area contributed by atoms with E-state index in [1.54, 1.807) is 0 Å². The molecule has 0 spiro atoms. The first kappa shape index (κ1) is 10.9. The Morgan fingerprint density at radius 1 is 1.47 bits per heavy atom. The molecular formula is C11H13IN2O.